The van der Waals surface area contributed by atoms with Crippen molar-refractivity contribution in [3.05, 3.63) is 54.4 Å². The Morgan fingerprint density at radius 3 is 2.95 bits per heavy atom. The van der Waals surface area contributed by atoms with Gasteiger partial charge in [-0.2, -0.15) is 0 Å². The van der Waals surface area contributed by atoms with Crippen LogP contribution in [0.3, 0.4) is 0 Å². The Labute approximate surface area is 116 Å². The maximum absolute atomic E-state index is 12.6. The Hall–Kier alpha value is -1.81. The minimum Gasteiger partial charge on any atom is -0.304 e. The van der Waals surface area contributed by atoms with E-state index in [9.17, 15) is 4.79 Å². The van der Waals surface area contributed by atoms with E-state index >= 15 is 0 Å². The van der Waals surface area contributed by atoms with E-state index in [0.717, 1.165) is 16.3 Å². The molecule has 0 N–H and O–H groups in total. The third-order valence-electron chi connectivity index (χ3n) is 3.17. The molecule has 1 unspecified atom stereocenters. The maximum Gasteiger partial charge on any atom is 0.260 e. The Kier molecular flexibility index (Phi) is 3.25. The number of carbonyl (C=O) groups is 1. The number of aromatic nitrogens is 1. The summed E-state index contributed by atoms with van der Waals surface area (Å²) < 4.78 is 0. The Morgan fingerprint density at radius 2 is 2.16 bits per heavy atom. The second-order valence-electron chi connectivity index (χ2n) is 4.54. The Bertz CT molecular complexity index is 600. The molecule has 96 valence electrons. The van der Waals surface area contributed by atoms with Crippen LogP contribution < -0.4 is 4.90 Å². The number of anilines is 1. The quantitative estimate of drug-likeness (QED) is 0.797. The highest BCUT2D eigenvalue weighted by atomic mass is 32.2. The van der Waals surface area contributed by atoms with Crippen LogP contribution in [-0.4, -0.2) is 22.7 Å². The molecule has 1 aliphatic heterocycles. The fourth-order valence-electron chi connectivity index (χ4n) is 2.24. The second-order valence-corrected chi connectivity index (χ2v) is 5.61. The predicted octanol–water partition coefficient (Wildman–Crippen LogP) is 3.22. The molecular weight excluding hydrogens is 256 g/mol. The van der Waals surface area contributed by atoms with Gasteiger partial charge in [0.05, 0.1) is 11.3 Å². The van der Waals surface area contributed by atoms with Gasteiger partial charge in [-0.25, -0.2) is 0 Å². The van der Waals surface area contributed by atoms with E-state index in [-0.39, 0.29) is 11.9 Å². The zero-order valence-corrected chi connectivity index (χ0v) is 11.4. The first kappa shape index (κ1) is 12.2. The zero-order chi connectivity index (χ0) is 13.2. The van der Waals surface area contributed by atoms with E-state index in [4.69, 9.17) is 0 Å². The molecule has 0 saturated heterocycles. The summed E-state index contributed by atoms with van der Waals surface area (Å²) in [7, 11) is 0. The third-order valence-corrected chi connectivity index (χ3v) is 4.48. The normalized spacial score (nSPS) is 17.9. The van der Waals surface area contributed by atoms with E-state index in [1.807, 2.05) is 29.2 Å². The maximum atomic E-state index is 12.6. The van der Waals surface area contributed by atoms with Gasteiger partial charge in [0.15, 0.2) is 0 Å². The van der Waals surface area contributed by atoms with Crippen LogP contribution in [0.4, 0.5) is 5.69 Å². The SMILES string of the molecule is CC1CSc2ccccc2N1C(=O)c1cccnc1. The summed E-state index contributed by atoms with van der Waals surface area (Å²) in [6.07, 6.45) is 3.31. The molecule has 3 rings (SSSR count). The van der Waals surface area contributed by atoms with Crippen LogP contribution in [-0.2, 0) is 0 Å². The standard InChI is InChI=1S/C15H14N2OS/c1-11-10-19-14-7-3-2-6-13(14)17(11)15(18)12-5-4-8-16-9-12/h2-9,11H,10H2,1H3. The lowest BCUT2D eigenvalue weighted by Gasteiger charge is -2.34. The Balaban J connectivity index is 2.02. The van der Waals surface area contributed by atoms with Gasteiger partial charge in [-0.15, -0.1) is 11.8 Å². The summed E-state index contributed by atoms with van der Waals surface area (Å²) in [5, 5.41) is 0. The smallest absolute Gasteiger partial charge is 0.260 e. The molecule has 1 aliphatic rings. The van der Waals surface area contributed by atoms with Crippen LogP contribution >= 0.6 is 11.8 Å². The number of hydrogen-bond acceptors (Lipinski definition) is 3. The fourth-order valence-corrected chi connectivity index (χ4v) is 3.30. The van der Waals surface area contributed by atoms with Crippen molar-refractivity contribution in [2.24, 2.45) is 0 Å². The molecule has 0 aliphatic carbocycles. The molecule has 1 amide bonds. The molecule has 0 radical (unpaired) electrons. The third kappa shape index (κ3) is 2.24. The van der Waals surface area contributed by atoms with E-state index in [1.165, 1.54) is 0 Å². The van der Waals surface area contributed by atoms with Crippen LogP contribution in [0.25, 0.3) is 0 Å². The van der Waals surface area contributed by atoms with Crippen molar-refractivity contribution in [1.29, 1.82) is 0 Å². The van der Waals surface area contributed by atoms with Crippen molar-refractivity contribution in [3.63, 3.8) is 0 Å². The highest BCUT2D eigenvalue weighted by molar-refractivity contribution is 7.99. The van der Waals surface area contributed by atoms with Gasteiger partial charge in [-0.1, -0.05) is 12.1 Å². The lowest BCUT2D eigenvalue weighted by molar-refractivity contribution is 0.0979. The zero-order valence-electron chi connectivity index (χ0n) is 10.6. The van der Waals surface area contributed by atoms with Gasteiger partial charge in [-0.05, 0) is 31.2 Å². The number of carbonyl (C=O) groups excluding carboxylic acids is 1. The molecule has 1 atom stereocenters. The average molecular weight is 270 g/mol. The van der Waals surface area contributed by atoms with Crippen molar-refractivity contribution >= 4 is 23.4 Å². The van der Waals surface area contributed by atoms with Gasteiger partial charge in [0, 0.05) is 29.1 Å². The molecule has 1 aromatic heterocycles. The monoisotopic (exact) mass is 270 g/mol. The van der Waals surface area contributed by atoms with Gasteiger partial charge >= 0.3 is 0 Å². The first-order valence-corrected chi connectivity index (χ1v) is 7.21. The van der Waals surface area contributed by atoms with Gasteiger partial charge in [0.1, 0.15) is 0 Å². The van der Waals surface area contributed by atoms with Gasteiger partial charge in [-0.3, -0.25) is 9.78 Å². The lowest BCUT2D eigenvalue weighted by atomic mass is 10.1. The first-order valence-electron chi connectivity index (χ1n) is 6.23. The number of pyridine rings is 1. The number of hydrogen-bond donors (Lipinski definition) is 0. The summed E-state index contributed by atoms with van der Waals surface area (Å²) >= 11 is 1.80. The van der Waals surface area contributed by atoms with Crippen LogP contribution in [0.15, 0.2) is 53.7 Å². The van der Waals surface area contributed by atoms with Crippen molar-refractivity contribution in [3.8, 4) is 0 Å². The molecule has 19 heavy (non-hydrogen) atoms. The number of fused-ring (bicyclic) bond motifs is 1. The highest BCUT2D eigenvalue weighted by Gasteiger charge is 2.29. The van der Waals surface area contributed by atoms with Crippen molar-refractivity contribution < 1.29 is 4.79 Å². The van der Waals surface area contributed by atoms with Crippen LogP contribution in [0, 0.1) is 0 Å². The molecular formula is C15H14N2OS. The van der Waals surface area contributed by atoms with Crippen molar-refractivity contribution in [2.75, 3.05) is 10.7 Å². The fraction of sp³-hybridized carbons (Fsp3) is 0.200. The van der Waals surface area contributed by atoms with E-state index in [2.05, 4.69) is 18.0 Å². The summed E-state index contributed by atoms with van der Waals surface area (Å²) in [6, 6.07) is 11.8. The molecule has 0 fully saturated rings. The minimum absolute atomic E-state index is 0.0216. The van der Waals surface area contributed by atoms with Crippen molar-refractivity contribution in [1.82, 2.24) is 4.98 Å². The lowest BCUT2D eigenvalue weighted by Crippen LogP contribution is -2.42. The van der Waals surface area contributed by atoms with E-state index in [0.29, 0.717) is 5.56 Å². The number of amides is 1. The highest BCUT2D eigenvalue weighted by Crippen LogP contribution is 2.37. The largest absolute Gasteiger partial charge is 0.304 e. The molecule has 0 spiro atoms. The molecule has 1 aromatic carbocycles. The van der Waals surface area contributed by atoms with Gasteiger partial charge < -0.3 is 4.90 Å². The average Bonchev–Trinajstić information content (AvgIpc) is 2.47. The number of thioether (sulfide) groups is 1. The molecule has 3 nitrogen and oxygen atoms in total. The summed E-state index contributed by atoms with van der Waals surface area (Å²) in [4.78, 5) is 19.7. The first-order chi connectivity index (χ1) is 9.27. The van der Waals surface area contributed by atoms with E-state index < -0.39 is 0 Å². The van der Waals surface area contributed by atoms with Crippen molar-refractivity contribution in [2.45, 2.75) is 17.9 Å². The molecule has 2 aromatic rings. The molecule has 0 bridgehead atoms. The van der Waals surface area contributed by atoms with Crippen LogP contribution in [0.2, 0.25) is 0 Å². The second kappa shape index (κ2) is 5.05. The Morgan fingerprint density at radius 1 is 1.32 bits per heavy atom. The van der Waals surface area contributed by atoms with Crippen LogP contribution in [0.1, 0.15) is 17.3 Å². The predicted molar refractivity (Wildman–Crippen MR) is 77.7 cm³/mol. The number of nitrogens with zero attached hydrogens (tertiary/aromatic N) is 2. The number of rotatable bonds is 1. The van der Waals surface area contributed by atoms with Crippen LogP contribution in [0.5, 0.6) is 0 Å². The topological polar surface area (TPSA) is 33.2 Å². The summed E-state index contributed by atoms with van der Waals surface area (Å²) in [6.45, 7) is 2.08. The summed E-state index contributed by atoms with van der Waals surface area (Å²) in [5.74, 6) is 0.941. The van der Waals surface area contributed by atoms with Gasteiger partial charge in [0.2, 0.25) is 0 Å². The van der Waals surface area contributed by atoms with Gasteiger partial charge in [0.25, 0.3) is 5.91 Å². The molecule has 0 saturated carbocycles. The molecule has 4 heteroatoms. The number of benzene rings is 1. The minimum atomic E-state index is 0.0216. The molecule has 2 heterocycles. The van der Waals surface area contributed by atoms with E-state index in [1.54, 1.807) is 30.2 Å². The summed E-state index contributed by atoms with van der Waals surface area (Å²) in [5.41, 5.74) is 1.64. The number of para-hydroxylation sites is 1.